The lowest BCUT2D eigenvalue weighted by Crippen LogP contribution is -2.55. The molecular formula is C27H48Cl2N6O3S. The van der Waals surface area contributed by atoms with Crippen LogP contribution in [0.2, 0.25) is 0 Å². The van der Waals surface area contributed by atoms with E-state index in [1.807, 2.05) is 21.6 Å². The van der Waals surface area contributed by atoms with Crippen LogP contribution in [0.25, 0.3) is 0 Å². The summed E-state index contributed by atoms with van der Waals surface area (Å²) in [5.74, 6) is 3.55. The number of rotatable bonds is 10. The maximum Gasteiger partial charge on any atom is 0.259 e. The zero-order valence-corrected chi connectivity index (χ0v) is 26.8. The van der Waals surface area contributed by atoms with Gasteiger partial charge in [0.2, 0.25) is 5.91 Å². The Balaban J connectivity index is 0.00000380. The minimum Gasteiger partial charge on any atom is -0.385 e. The molecule has 1 aromatic heterocycles. The number of carbonyl (C=O) groups is 2. The first-order valence-corrected chi connectivity index (χ1v) is 14.8. The summed E-state index contributed by atoms with van der Waals surface area (Å²) >= 11 is 1.90. The van der Waals surface area contributed by atoms with Crippen molar-refractivity contribution in [3.63, 3.8) is 0 Å². The Hall–Kier alpha value is -1.33. The third-order valence-electron chi connectivity index (χ3n) is 6.77. The van der Waals surface area contributed by atoms with Gasteiger partial charge in [-0.1, -0.05) is 34.6 Å². The van der Waals surface area contributed by atoms with Crippen LogP contribution in [0.1, 0.15) is 63.6 Å². The van der Waals surface area contributed by atoms with Crippen LogP contribution >= 0.6 is 36.6 Å². The van der Waals surface area contributed by atoms with Gasteiger partial charge in [0, 0.05) is 82.1 Å². The summed E-state index contributed by atoms with van der Waals surface area (Å²) in [6.07, 6.45) is 3.15. The molecule has 0 aliphatic carbocycles. The summed E-state index contributed by atoms with van der Waals surface area (Å²) in [6, 6.07) is -0.0691. The molecule has 2 N–H and O–H groups in total. The Kier molecular flexibility index (Phi) is 15.4. The number of aromatic nitrogens is 2. The monoisotopic (exact) mass is 606 g/mol. The first-order chi connectivity index (χ1) is 17.6. The molecule has 0 saturated carbocycles. The summed E-state index contributed by atoms with van der Waals surface area (Å²) in [5.41, 5.74) is 0.239. The Morgan fingerprint density at radius 3 is 2.54 bits per heavy atom. The SMILES string of the molecule is COCCCNc1nc(C(C)(C)C)ncc1C(=O)N(CC(C)C)[C@@H]1CNC[C@H](C(=O)N2CCSCC2)C1.Cl.Cl. The average Bonchev–Trinajstić information content (AvgIpc) is 2.89. The van der Waals surface area contributed by atoms with Crippen molar-refractivity contribution >= 4 is 54.2 Å². The van der Waals surface area contributed by atoms with E-state index in [1.54, 1.807) is 13.3 Å². The van der Waals surface area contributed by atoms with Gasteiger partial charge >= 0.3 is 0 Å². The molecule has 3 heterocycles. The fourth-order valence-corrected chi connectivity index (χ4v) is 5.69. The number of nitrogens with zero attached hydrogens (tertiary/aromatic N) is 4. The van der Waals surface area contributed by atoms with Gasteiger partial charge in [0.1, 0.15) is 17.2 Å². The van der Waals surface area contributed by atoms with Gasteiger partial charge in [-0.25, -0.2) is 9.97 Å². The molecule has 0 spiro atoms. The van der Waals surface area contributed by atoms with Gasteiger partial charge in [0.25, 0.3) is 5.91 Å². The molecule has 1 aromatic rings. The fourth-order valence-electron chi connectivity index (χ4n) is 4.79. The van der Waals surface area contributed by atoms with Crippen LogP contribution in [-0.4, -0.2) is 102 Å². The second kappa shape index (κ2) is 16.8. The normalized spacial score (nSPS) is 19.6. The quantitative estimate of drug-likeness (QED) is 0.389. The minimum absolute atomic E-state index is 0. The van der Waals surface area contributed by atoms with Crippen LogP contribution in [0.4, 0.5) is 5.82 Å². The van der Waals surface area contributed by atoms with Gasteiger partial charge in [-0.3, -0.25) is 9.59 Å². The zero-order valence-electron chi connectivity index (χ0n) is 24.3. The third-order valence-corrected chi connectivity index (χ3v) is 7.71. The molecule has 2 fully saturated rings. The summed E-state index contributed by atoms with van der Waals surface area (Å²) in [4.78, 5) is 40.7. The van der Waals surface area contributed by atoms with E-state index in [4.69, 9.17) is 9.72 Å². The highest BCUT2D eigenvalue weighted by Gasteiger charge is 2.36. The van der Waals surface area contributed by atoms with Crippen molar-refractivity contribution in [3.05, 3.63) is 17.6 Å². The highest BCUT2D eigenvalue weighted by Crippen LogP contribution is 2.26. The van der Waals surface area contributed by atoms with E-state index in [9.17, 15) is 9.59 Å². The standard InChI is InChI=1S/C27H46N6O3S.2ClH/c1-19(2)18-33(21-14-20(15-28-16-21)24(34)32-9-12-37-13-10-32)25(35)22-17-30-26(27(3,4)5)31-23(22)29-8-7-11-36-6;;/h17,19-21,28H,7-16,18H2,1-6H3,(H,29,30,31);2*1H/t20-,21+;;/m1../s1. The predicted octanol–water partition coefficient (Wildman–Crippen LogP) is 3.72. The van der Waals surface area contributed by atoms with E-state index in [0.29, 0.717) is 56.4 Å². The van der Waals surface area contributed by atoms with E-state index in [-0.39, 0.29) is 59.9 Å². The number of nitrogens with one attached hydrogen (secondary N) is 2. The number of ether oxygens (including phenoxy) is 1. The average molecular weight is 608 g/mol. The Morgan fingerprint density at radius 2 is 1.92 bits per heavy atom. The van der Waals surface area contributed by atoms with Gasteiger partial charge in [-0.05, 0) is 18.8 Å². The first kappa shape index (κ1) is 35.7. The summed E-state index contributed by atoms with van der Waals surface area (Å²) in [6.45, 7) is 15.3. The predicted molar refractivity (Wildman–Crippen MR) is 165 cm³/mol. The maximum atomic E-state index is 14.1. The van der Waals surface area contributed by atoms with Crippen molar-refractivity contribution in [2.24, 2.45) is 11.8 Å². The molecule has 39 heavy (non-hydrogen) atoms. The summed E-state index contributed by atoms with van der Waals surface area (Å²) in [7, 11) is 1.68. The molecule has 0 aromatic carbocycles. The molecule has 2 amide bonds. The molecule has 9 nitrogen and oxygen atoms in total. The van der Waals surface area contributed by atoms with Crippen molar-refractivity contribution in [1.82, 2.24) is 25.1 Å². The van der Waals surface area contributed by atoms with E-state index in [1.165, 1.54) is 0 Å². The van der Waals surface area contributed by atoms with Crippen molar-refractivity contribution in [3.8, 4) is 0 Å². The molecule has 12 heteroatoms. The van der Waals surface area contributed by atoms with Crippen LogP contribution in [0, 0.1) is 11.8 Å². The number of anilines is 1. The molecule has 0 unspecified atom stereocenters. The number of carbonyl (C=O) groups excluding carboxylic acids is 2. The lowest BCUT2D eigenvalue weighted by atomic mass is 9.92. The maximum absolute atomic E-state index is 14.1. The van der Waals surface area contributed by atoms with Crippen molar-refractivity contribution < 1.29 is 14.3 Å². The fraction of sp³-hybridized carbons (Fsp3) is 0.778. The van der Waals surface area contributed by atoms with Crippen molar-refractivity contribution in [2.45, 2.75) is 58.9 Å². The van der Waals surface area contributed by atoms with Gasteiger partial charge < -0.3 is 25.2 Å². The van der Waals surface area contributed by atoms with Crippen LogP contribution in [0.15, 0.2) is 6.20 Å². The molecule has 2 aliphatic heterocycles. The number of methoxy groups -OCH3 is 1. The topological polar surface area (TPSA) is 99.7 Å². The lowest BCUT2D eigenvalue weighted by molar-refractivity contribution is -0.136. The van der Waals surface area contributed by atoms with E-state index >= 15 is 0 Å². The number of amides is 2. The zero-order chi connectivity index (χ0) is 27.0. The van der Waals surface area contributed by atoms with Gasteiger partial charge in [0.15, 0.2) is 0 Å². The largest absolute Gasteiger partial charge is 0.385 e. The molecule has 224 valence electrons. The van der Waals surface area contributed by atoms with Crippen LogP contribution in [-0.2, 0) is 14.9 Å². The molecule has 2 aliphatic rings. The molecule has 0 bridgehead atoms. The number of hydrogen-bond acceptors (Lipinski definition) is 8. The molecular weight excluding hydrogens is 559 g/mol. The van der Waals surface area contributed by atoms with Gasteiger partial charge in [-0.15, -0.1) is 24.8 Å². The Bertz CT molecular complexity index is 912. The van der Waals surface area contributed by atoms with Crippen LogP contribution in [0.5, 0.6) is 0 Å². The number of piperidine rings is 1. The smallest absolute Gasteiger partial charge is 0.259 e. The van der Waals surface area contributed by atoms with E-state index < -0.39 is 0 Å². The van der Waals surface area contributed by atoms with Crippen molar-refractivity contribution in [2.75, 3.05) is 69.8 Å². The molecule has 3 rings (SSSR count). The second-order valence-electron chi connectivity index (χ2n) is 11.5. The van der Waals surface area contributed by atoms with E-state index in [2.05, 4.69) is 50.2 Å². The van der Waals surface area contributed by atoms with Crippen molar-refractivity contribution in [1.29, 1.82) is 0 Å². The Labute approximate surface area is 251 Å². The Morgan fingerprint density at radius 1 is 1.23 bits per heavy atom. The van der Waals surface area contributed by atoms with Gasteiger partial charge in [-0.2, -0.15) is 11.8 Å². The first-order valence-electron chi connectivity index (χ1n) is 13.6. The van der Waals surface area contributed by atoms with Crippen LogP contribution < -0.4 is 10.6 Å². The summed E-state index contributed by atoms with van der Waals surface area (Å²) < 4.78 is 5.18. The lowest BCUT2D eigenvalue weighted by Gasteiger charge is -2.40. The summed E-state index contributed by atoms with van der Waals surface area (Å²) in [5, 5.41) is 6.82. The molecule has 2 saturated heterocycles. The third kappa shape index (κ3) is 10.2. The van der Waals surface area contributed by atoms with E-state index in [0.717, 1.165) is 31.0 Å². The number of thioether (sulfide) groups is 1. The highest BCUT2D eigenvalue weighted by atomic mass is 35.5. The molecule has 2 atom stereocenters. The second-order valence-corrected chi connectivity index (χ2v) is 12.7. The minimum atomic E-state index is -0.240. The molecule has 0 radical (unpaired) electrons. The number of hydrogen-bond donors (Lipinski definition) is 2. The number of halogens is 2. The van der Waals surface area contributed by atoms with Crippen LogP contribution in [0.3, 0.4) is 0 Å². The highest BCUT2D eigenvalue weighted by molar-refractivity contribution is 7.99. The van der Waals surface area contributed by atoms with Gasteiger partial charge in [0.05, 0.1) is 5.92 Å².